The lowest BCUT2D eigenvalue weighted by Gasteiger charge is -2.11. The first-order valence-electron chi connectivity index (χ1n) is 5.41. The molecule has 1 aromatic rings. The smallest absolute Gasteiger partial charge is 0.224 e. The van der Waals surface area contributed by atoms with Gasteiger partial charge in [-0.1, -0.05) is 13.0 Å². The molecule has 1 aromatic carbocycles. The number of carbonyl (C=O) groups excluding carboxylic acids is 1. The monoisotopic (exact) mass is 278 g/mol. The van der Waals surface area contributed by atoms with Crippen molar-refractivity contribution in [3.8, 4) is 0 Å². The topological polar surface area (TPSA) is 41.1 Å². The third-order valence-corrected chi connectivity index (χ3v) is 2.43. The summed E-state index contributed by atoms with van der Waals surface area (Å²) in [4.78, 5) is 11.5. The number of amides is 1. The zero-order valence-electron chi connectivity index (χ0n) is 10.3. The predicted molar refractivity (Wildman–Crippen MR) is 68.5 cm³/mol. The van der Waals surface area contributed by atoms with Crippen molar-refractivity contribution < 1.29 is 13.6 Å². The Morgan fingerprint density at radius 3 is 2.61 bits per heavy atom. The van der Waals surface area contributed by atoms with E-state index in [0.717, 1.165) is 6.07 Å². The predicted octanol–water partition coefficient (Wildman–Crippen LogP) is 1.86. The highest BCUT2D eigenvalue weighted by Crippen LogP contribution is 2.09. The zero-order valence-corrected chi connectivity index (χ0v) is 11.1. The standard InChI is InChI=1S/C12H16F2N2O.ClH/c1-8(6-15-2)12(17)16-7-9-3-4-10(13)5-11(9)14;/h3-5,8,15H,6-7H2,1-2H3,(H,16,17);1H. The minimum Gasteiger partial charge on any atom is -0.352 e. The molecule has 6 heteroatoms. The van der Waals surface area contributed by atoms with Crippen LogP contribution in [0.2, 0.25) is 0 Å². The molecule has 0 aliphatic carbocycles. The van der Waals surface area contributed by atoms with Crippen molar-refractivity contribution in [1.82, 2.24) is 10.6 Å². The minimum atomic E-state index is -0.647. The third-order valence-electron chi connectivity index (χ3n) is 2.43. The van der Waals surface area contributed by atoms with Crippen molar-refractivity contribution in [2.24, 2.45) is 5.92 Å². The van der Waals surface area contributed by atoms with Gasteiger partial charge < -0.3 is 10.6 Å². The van der Waals surface area contributed by atoms with Crippen molar-refractivity contribution in [3.05, 3.63) is 35.4 Å². The summed E-state index contributed by atoms with van der Waals surface area (Å²) in [5.74, 6) is -1.63. The average molecular weight is 279 g/mol. The van der Waals surface area contributed by atoms with Crippen LogP contribution in [0.15, 0.2) is 18.2 Å². The molecule has 1 unspecified atom stereocenters. The van der Waals surface area contributed by atoms with Gasteiger partial charge in [0, 0.05) is 30.6 Å². The fraction of sp³-hybridized carbons (Fsp3) is 0.417. The van der Waals surface area contributed by atoms with Gasteiger partial charge in [0.05, 0.1) is 0 Å². The van der Waals surface area contributed by atoms with Gasteiger partial charge in [0.15, 0.2) is 0 Å². The fourth-order valence-electron chi connectivity index (χ4n) is 1.42. The molecule has 1 amide bonds. The molecule has 0 aliphatic heterocycles. The van der Waals surface area contributed by atoms with E-state index in [4.69, 9.17) is 0 Å². The minimum absolute atomic E-state index is 0. The van der Waals surface area contributed by atoms with Crippen LogP contribution in [0.5, 0.6) is 0 Å². The van der Waals surface area contributed by atoms with Crippen molar-refractivity contribution in [3.63, 3.8) is 0 Å². The summed E-state index contributed by atoms with van der Waals surface area (Å²) < 4.78 is 25.9. The van der Waals surface area contributed by atoms with E-state index in [1.165, 1.54) is 12.1 Å². The molecule has 0 aliphatic rings. The molecular formula is C12H17ClF2N2O. The highest BCUT2D eigenvalue weighted by atomic mass is 35.5. The van der Waals surface area contributed by atoms with Crippen LogP contribution in [-0.2, 0) is 11.3 Å². The molecule has 3 nitrogen and oxygen atoms in total. The maximum absolute atomic E-state index is 13.2. The van der Waals surface area contributed by atoms with Crippen molar-refractivity contribution in [2.75, 3.05) is 13.6 Å². The highest BCUT2D eigenvalue weighted by Gasteiger charge is 2.12. The van der Waals surface area contributed by atoms with Crippen LogP contribution in [0.4, 0.5) is 8.78 Å². The maximum Gasteiger partial charge on any atom is 0.224 e. The van der Waals surface area contributed by atoms with Gasteiger partial charge in [0.1, 0.15) is 11.6 Å². The second-order valence-electron chi connectivity index (χ2n) is 3.91. The molecular weight excluding hydrogens is 262 g/mol. The van der Waals surface area contributed by atoms with Crippen LogP contribution in [0.3, 0.4) is 0 Å². The van der Waals surface area contributed by atoms with Crippen molar-refractivity contribution in [1.29, 1.82) is 0 Å². The summed E-state index contributed by atoms with van der Waals surface area (Å²) in [6.45, 7) is 2.39. The lowest BCUT2D eigenvalue weighted by atomic mass is 10.1. The van der Waals surface area contributed by atoms with E-state index in [0.29, 0.717) is 6.54 Å². The first-order chi connectivity index (χ1) is 8.04. The van der Waals surface area contributed by atoms with Crippen molar-refractivity contribution >= 4 is 18.3 Å². The summed E-state index contributed by atoms with van der Waals surface area (Å²) in [5, 5.41) is 5.48. The van der Waals surface area contributed by atoms with Gasteiger partial charge in [0.25, 0.3) is 0 Å². The van der Waals surface area contributed by atoms with E-state index >= 15 is 0 Å². The van der Waals surface area contributed by atoms with Gasteiger partial charge in [-0.15, -0.1) is 12.4 Å². The van der Waals surface area contributed by atoms with Crippen LogP contribution in [-0.4, -0.2) is 19.5 Å². The van der Waals surface area contributed by atoms with Gasteiger partial charge in [-0.2, -0.15) is 0 Å². The summed E-state index contributed by atoms with van der Waals surface area (Å²) in [6.07, 6.45) is 0. The molecule has 18 heavy (non-hydrogen) atoms. The van der Waals surface area contributed by atoms with E-state index in [9.17, 15) is 13.6 Å². The Labute approximate surface area is 111 Å². The Hall–Kier alpha value is -1.20. The number of nitrogens with one attached hydrogen (secondary N) is 2. The lowest BCUT2D eigenvalue weighted by Crippen LogP contribution is -2.34. The quantitative estimate of drug-likeness (QED) is 0.863. The molecule has 0 aromatic heterocycles. The molecule has 0 fully saturated rings. The first kappa shape index (κ1) is 16.8. The highest BCUT2D eigenvalue weighted by molar-refractivity contribution is 5.85. The number of rotatable bonds is 5. The zero-order chi connectivity index (χ0) is 12.8. The Morgan fingerprint density at radius 1 is 1.39 bits per heavy atom. The van der Waals surface area contributed by atoms with E-state index < -0.39 is 11.6 Å². The SMILES string of the molecule is CNCC(C)C(=O)NCc1ccc(F)cc1F.Cl. The van der Waals surface area contributed by atoms with E-state index in [-0.39, 0.29) is 36.3 Å². The van der Waals surface area contributed by atoms with Crippen LogP contribution in [0, 0.1) is 17.6 Å². The van der Waals surface area contributed by atoms with Crippen LogP contribution >= 0.6 is 12.4 Å². The van der Waals surface area contributed by atoms with E-state index in [1.54, 1.807) is 14.0 Å². The summed E-state index contributed by atoms with van der Waals surface area (Å²) >= 11 is 0. The molecule has 1 rings (SSSR count). The Bertz CT molecular complexity index is 402. The molecule has 0 saturated carbocycles. The molecule has 0 spiro atoms. The molecule has 2 N–H and O–H groups in total. The second kappa shape index (κ2) is 8.00. The van der Waals surface area contributed by atoms with Gasteiger partial charge in [-0.3, -0.25) is 4.79 Å². The van der Waals surface area contributed by atoms with Crippen LogP contribution in [0.25, 0.3) is 0 Å². The fourth-order valence-corrected chi connectivity index (χ4v) is 1.42. The summed E-state index contributed by atoms with van der Waals surface area (Å²) in [7, 11) is 1.75. The number of benzene rings is 1. The molecule has 0 radical (unpaired) electrons. The lowest BCUT2D eigenvalue weighted by molar-refractivity contribution is -0.124. The molecule has 0 saturated heterocycles. The number of carbonyl (C=O) groups is 1. The first-order valence-corrected chi connectivity index (χ1v) is 5.41. The van der Waals surface area contributed by atoms with Gasteiger partial charge >= 0.3 is 0 Å². The largest absolute Gasteiger partial charge is 0.352 e. The normalized spacial score (nSPS) is 11.6. The third kappa shape index (κ3) is 4.98. The Morgan fingerprint density at radius 2 is 2.06 bits per heavy atom. The molecule has 102 valence electrons. The summed E-state index contributed by atoms with van der Waals surface area (Å²) in [5.41, 5.74) is 0.274. The Kier molecular flexibility index (Phi) is 7.47. The summed E-state index contributed by atoms with van der Waals surface area (Å²) in [6, 6.07) is 3.30. The van der Waals surface area contributed by atoms with Gasteiger partial charge in [-0.05, 0) is 13.1 Å². The number of hydrogen-bond acceptors (Lipinski definition) is 2. The number of halogens is 3. The van der Waals surface area contributed by atoms with Crippen molar-refractivity contribution in [2.45, 2.75) is 13.5 Å². The second-order valence-corrected chi connectivity index (χ2v) is 3.91. The van der Waals surface area contributed by atoms with Crippen LogP contribution < -0.4 is 10.6 Å². The maximum atomic E-state index is 13.2. The molecule has 0 bridgehead atoms. The molecule has 0 heterocycles. The number of hydrogen-bond donors (Lipinski definition) is 2. The van der Waals surface area contributed by atoms with Crippen LogP contribution in [0.1, 0.15) is 12.5 Å². The average Bonchev–Trinajstić information content (AvgIpc) is 2.27. The Balaban J connectivity index is 0.00000289. The van der Waals surface area contributed by atoms with E-state index in [2.05, 4.69) is 10.6 Å². The van der Waals surface area contributed by atoms with Gasteiger partial charge in [0.2, 0.25) is 5.91 Å². The molecule has 1 atom stereocenters. The van der Waals surface area contributed by atoms with Gasteiger partial charge in [-0.25, -0.2) is 8.78 Å². The van der Waals surface area contributed by atoms with E-state index in [1.807, 2.05) is 0 Å².